The normalized spacial score (nSPS) is 11.7. The first-order valence-electron chi connectivity index (χ1n) is 5.47. The van der Waals surface area contributed by atoms with Crippen molar-refractivity contribution >= 4 is 11.5 Å². The average molecular weight is 254 g/mol. The van der Waals surface area contributed by atoms with Gasteiger partial charge < -0.3 is 4.74 Å². The average Bonchev–Trinajstić information content (AvgIpc) is 2.70. The van der Waals surface area contributed by atoms with Gasteiger partial charge in [0.25, 0.3) is 5.88 Å². The second-order valence-corrected chi connectivity index (χ2v) is 4.05. The quantitative estimate of drug-likeness (QED) is 0.627. The van der Waals surface area contributed by atoms with Crippen LogP contribution in [0.2, 0.25) is 0 Å². The molecule has 0 spiro atoms. The summed E-state index contributed by atoms with van der Waals surface area (Å²) in [7, 11) is 1.29. The fourth-order valence-corrected chi connectivity index (χ4v) is 2.14. The topological polar surface area (TPSA) is 43.5 Å². The number of pyridine rings is 1. The molecule has 1 aliphatic carbocycles. The van der Waals surface area contributed by atoms with E-state index in [-0.39, 0.29) is 17.4 Å². The minimum atomic E-state index is -0.630. The molecule has 3 rings (SSSR count). The van der Waals surface area contributed by atoms with E-state index in [1.54, 1.807) is 18.2 Å². The van der Waals surface area contributed by atoms with Crippen molar-refractivity contribution in [3.63, 3.8) is 0 Å². The van der Waals surface area contributed by atoms with Gasteiger partial charge in [-0.1, -0.05) is 12.1 Å². The van der Waals surface area contributed by atoms with Crippen molar-refractivity contribution in [3.05, 3.63) is 52.8 Å². The van der Waals surface area contributed by atoms with E-state index >= 15 is 0 Å². The molecule has 0 fully saturated rings. The van der Waals surface area contributed by atoms with Crippen LogP contribution in [0.4, 0.5) is 10.1 Å². The predicted molar refractivity (Wildman–Crippen MR) is 65.9 cm³/mol. The molecule has 0 bridgehead atoms. The number of fused-ring (bicyclic) bond motifs is 3. The van der Waals surface area contributed by atoms with Crippen LogP contribution < -0.4 is 4.74 Å². The monoisotopic (exact) mass is 254 g/mol. The molecule has 0 atom stereocenters. The van der Waals surface area contributed by atoms with Gasteiger partial charge in [0.05, 0.1) is 13.7 Å². The molecule has 0 radical (unpaired) electrons. The summed E-state index contributed by atoms with van der Waals surface area (Å²) >= 11 is 0. The number of methoxy groups -OCH3 is 1. The molecule has 1 aromatic carbocycles. The Bertz CT molecular complexity index is 763. The van der Waals surface area contributed by atoms with Crippen molar-refractivity contribution in [1.82, 2.24) is 4.98 Å². The number of carbonyl (C=O) groups excluding carboxylic acids is 1. The lowest BCUT2D eigenvalue weighted by Gasteiger charge is -2.04. The van der Waals surface area contributed by atoms with Crippen molar-refractivity contribution < 1.29 is 13.9 Å². The van der Waals surface area contributed by atoms with E-state index in [2.05, 4.69) is 9.83 Å². The molecule has 19 heavy (non-hydrogen) atoms. The van der Waals surface area contributed by atoms with Crippen LogP contribution in [0.15, 0.2) is 24.3 Å². The standard InChI is InChI=1S/C14H7FN2O2/c1-16-7-3-4-8-9(5-7)10-6-11(15)14(19-2)17-12(10)13(8)18/h3-6H,2H3. The third-order valence-electron chi connectivity index (χ3n) is 3.02. The highest BCUT2D eigenvalue weighted by Crippen LogP contribution is 2.39. The van der Waals surface area contributed by atoms with E-state index in [9.17, 15) is 9.18 Å². The van der Waals surface area contributed by atoms with Crippen molar-refractivity contribution in [2.75, 3.05) is 7.11 Å². The molecule has 0 unspecified atom stereocenters. The van der Waals surface area contributed by atoms with Crippen LogP contribution in [0.5, 0.6) is 5.88 Å². The Morgan fingerprint density at radius 3 is 2.74 bits per heavy atom. The second-order valence-electron chi connectivity index (χ2n) is 4.05. The first-order chi connectivity index (χ1) is 9.15. The van der Waals surface area contributed by atoms with Gasteiger partial charge in [0.15, 0.2) is 11.5 Å². The van der Waals surface area contributed by atoms with E-state index in [1.807, 2.05) is 0 Å². The Morgan fingerprint density at radius 1 is 1.26 bits per heavy atom. The first-order valence-corrected chi connectivity index (χ1v) is 5.47. The van der Waals surface area contributed by atoms with Crippen molar-refractivity contribution in [3.8, 4) is 17.0 Å². The maximum absolute atomic E-state index is 13.7. The van der Waals surface area contributed by atoms with Crippen LogP contribution in [0.25, 0.3) is 16.0 Å². The number of hydrogen-bond donors (Lipinski definition) is 0. The molecule has 0 N–H and O–H groups in total. The van der Waals surface area contributed by atoms with Gasteiger partial charge in [-0.2, -0.15) is 0 Å². The predicted octanol–water partition coefficient (Wildman–Crippen LogP) is 2.99. The molecule has 1 heterocycles. The van der Waals surface area contributed by atoms with E-state index in [1.165, 1.54) is 13.2 Å². The van der Waals surface area contributed by atoms with Crippen LogP contribution in [-0.4, -0.2) is 17.9 Å². The number of aromatic nitrogens is 1. The number of ketones is 1. The van der Waals surface area contributed by atoms with E-state index < -0.39 is 5.82 Å². The number of nitrogens with zero attached hydrogens (tertiary/aromatic N) is 2. The molecular formula is C14H7FN2O2. The minimum Gasteiger partial charge on any atom is -0.479 e. The zero-order chi connectivity index (χ0) is 13.6. The number of benzene rings is 1. The fourth-order valence-electron chi connectivity index (χ4n) is 2.14. The maximum atomic E-state index is 13.7. The van der Waals surface area contributed by atoms with Gasteiger partial charge in [0, 0.05) is 11.1 Å². The maximum Gasteiger partial charge on any atom is 0.250 e. The van der Waals surface area contributed by atoms with Crippen molar-refractivity contribution in [1.29, 1.82) is 0 Å². The molecule has 1 aromatic heterocycles. The van der Waals surface area contributed by atoms with Gasteiger partial charge in [-0.05, 0) is 17.7 Å². The highest BCUT2D eigenvalue weighted by molar-refractivity contribution is 6.20. The number of halogens is 1. The van der Waals surface area contributed by atoms with Crippen LogP contribution in [0.3, 0.4) is 0 Å². The van der Waals surface area contributed by atoms with Gasteiger partial charge >= 0.3 is 0 Å². The SMILES string of the molecule is [C-]#[N+]c1ccc2c(c1)-c1cc(F)c(OC)nc1C2=O. The van der Waals surface area contributed by atoms with E-state index in [0.29, 0.717) is 22.4 Å². The molecular weight excluding hydrogens is 247 g/mol. The smallest absolute Gasteiger partial charge is 0.250 e. The van der Waals surface area contributed by atoms with Gasteiger partial charge in [-0.15, -0.1) is 0 Å². The highest BCUT2D eigenvalue weighted by atomic mass is 19.1. The van der Waals surface area contributed by atoms with Crippen LogP contribution >= 0.6 is 0 Å². The largest absolute Gasteiger partial charge is 0.479 e. The summed E-state index contributed by atoms with van der Waals surface area (Å²) in [5.41, 5.74) is 1.94. The lowest BCUT2D eigenvalue weighted by atomic mass is 10.1. The Balaban J connectivity index is 2.31. The van der Waals surface area contributed by atoms with Gasteiger partial charge in [-0.25, -0.2) is 14.2 Å². The molecule has 4 nitrogen and oxygen atoms in total. The highest BCUT2D eigenvalue weighted by Gasteiger charge is 2.30. The molecule has 0 saturated heterocycles. The molecule has 0 aliphatic heterocycles. The fraction of sp³-hybridized carbons (Fsp3) is 0.0714. The lowest BCUT2D eigenvalue weighted by Crippen LogP contribution is -2.01. The molecule has 92 valence electrons. The lowest BCUT2D eigenvalue weighted by molar-refractivity contribution is 0.103. The number of ether oxygens (including phenoxy) is 1. The van der Waals surface area contributed by atoms with E-state index in [4.69, 9.17) is 11.3 Å². The third kappa shape index (κ3) is 1.50. The minimum absolute atomic E-state index is 0.162. The van der Waals surface area contributed by atoms with Gasteiger partial charge in [-0.3, -0.25) is 4.79 Å². The Morgan fingerprint density at radius 2 is 2.05 bits per heavy atom. The van der Waals surface area contributed by atoms with Crippen LogP contribution in [0.1, 0.15) is 16.1 Å². The Labute approximate surface area is 108 Å². The van der Waals surface area contributed by atoms with Gasteiger partial charge in [0.2, 0.25) is 5.78 Å². The number of carbonyl (C=O) groups is 1. The van der Waals surface area contributed by atoms with Crippen molar-refractivity contribution in [2.45, 2.75) is 0 Å². The number of hydrogen-bond acceptors (Lipinski definition) is 3. The van der Waals surface area contributed by atoms with Crippen molar-refractivity contribution in [2.24, 2.45) is 0 Å². The van der Waals surface area contributed by atoms with Gasteiger partial charge in [0.1, 0.15) is 5.69 Å². The summed E-state index contributed by atoms with van der Waals surface area (Å²) in [5.74, 6) is -1.11. The van der Waals surface area contributed by atoms with Crippen LogP contribution in [0, 0.1) is 12.4 Å². The summed E-state index contributed by atoms with van der Waals surface area (Å²) in [4.78, 5) is 19.3. The van der Waals surface area contributed by atoms with E-state index in [0.717, 1.165) is 0 Å². The second kappa shape index (κ2) is 3.89. The summed E-state index contributed by atoms with van der Waals surface area (Å²) < 4.78 is 18.5. The summed E-state index contributed by atoms with van der Waals surface area (Å²) in [6, 6.07) is 5.92. The Kier molecular flexibility index (Phi) is 2.32. The Hall–Kier alpha value is -2.74. The molecule has 2 aromatic rings. The molecule has 5 heteroatoms. The summed E-state index contributed by atoms with van der Waals surface area (Å²) in [5, 5.41) is 0. The summed E-state index contributed by atoms with van der Waals surface area (Å²) in [6.07, 6.45) is 0. The molecule has 1 aliphatic rings. The third-order valence-corrected chi connectivity index (χ3v) is 3.02. The first kappa shape index (κ1) is 11.4. The number of rotatable bonds is 1. The van der Waals surface area contributed by atoms with Crippen LogP contribution in [-0.2, 0) is 0 Å². The zero-order valence-corrected chi connectivity index (χ0v) is 9.90. The summed E-state index contributed by atoms with van der Waals surface area (Å²) in [6.45, 7) is 6.98. The zero-order valence-electron chi connectivity index (χ0n) is 9.90. The molecule has 0 saturated carbocycles. The molecule has 0 amide bonds.